The normalized spacial score (nSPS) is 11.0. The maximum atomic E-state index is 7.00. The molecule has 2 aromatic carbocycles. The van der Waals surface area contributed by atoms with Gasteiger partial charge in [0, 0.05) is 14.2 Å². The molecule has 0 atom stereocenters. The standard InChI is InChI=1S/C35H57N2O.2CH4O/c1-36-29-15-11-7-5-6-10-14-18-32-19-21-33(22-20-32)23-24-34-25-27-35(28-26-34)38-31-17-13-9-8-12-16-30-37(2,3)4;2*1-2/h19-28,36H,5-18,29-31H2,1-4H3;2*2H,1H3/q+1;;/b24-23+;;. The van der Waals surface area contributed by atoms with Gasteiger partial charge in [0.05, 0.1) is 34.3 Å². The van der Waals surface area contributed by atoms with Gasteiger partial charge in [0.25, 0.3) is 0 Å². The van der Waals surface area contributed by atoms with Crippen LogP contribution in [-0.4, -0.2) is 76.8 Å². The molecule has 0 aliphatic heterocycles. The predicted molar refractivity (Wildman–Crippen MR) is 184 cm³/mol. The molecule has 42 heavy (non-hydrogen) atoms. The lowest BCUT2D eigenvalue weighted by molar-refractivity contribution is -0.870. The summed E-state index contributed by atoms with van der Waals surface area (Å²) in [7, 11) is 10.9. The summed E-state index contributed by atoms with van der Waals surface area (Å²) in [6.45, 7) is 3.25. The summed E-state index contributed by atoms with van der Waals surface area (Å²) in [4.78, 5) is 0. The van der Waals surface area contributed by atoms with Crippen molar-refractivity contribution in [2.45, 2.75) is 89.9 Å². The average molecular weight is 586 g/mol. The molecule has 5 heteroatoms. The zero-order valence-corrected chi connectivity index (χ0v) is 28.0. The first-order valence-electron chi connectivity index (χ1n) is 16.3. The summed E-state index contributed by atoms with van der Waals surface area (Å²) < 4.78 is 7.03. The summed E-state index contributed by atoms with van der Waals surface area (Å²) in [5, 5.41) is 17.2. The number of nitrogens with zero attached hydrogens (tertiary/aromatic N) is 1. The second-order valence-electron chi connectivity index (χ2n) is 12.0. The molecule has 5 nitrogen and oxygen atoms in total. The molecular formula is C37H65N2O3+. The van der Waals surface area contributed by atoms with E-state index in [2.05, 4.69) is 87.1 Å². The molecule has 0 aliphatic rings. The van der Waals surface area contributed by atoms with E-state index < -0.39 is 0 Å². The van der Waals surface area contributed by atoms with E-state index in [1.54, 1.807) is 0 Å². The van der Waals surface area contributed by atoms with Crippen LogP contribution in [0.2, 0.25) is 0 Å². The second-order valence-corrected chi connectivity index (χ2v) is 12.0. The van der Waals surface area contributed by atoms with Crippen molar-refractivity contribution < 1.29 is 19.4 Å². The van der Waals surface area contributed by atoms with Crippen LogP contribution in [-0.2, 0) is 6.42 Å². The number of benzene rings is 2. The van der Waals surface area contributed by atoms with Crippen molar-refractivity contribution in [3.63, 3.8) is 0 Å². The SMILES string of the molecule is CNCCCCCCCCCc1ccc(/C=C/c2ccc(OCCCCCCCC[N+](C)(C)C)cc2)cc1.CO.CO. The van der Waals surface area contributed by atoms with Crippen molar-refractivity contribution in [2.75, 3.05) is 62.1 Å². The van der Waals surface area contributed by atoms with E-state index in [-0.39, 0.29) is 0 Å². The number of hydrogen-bond donors (Lipinski definition) is 3. The molecule has 2 rings (SSSR count). The smallest absolute Gasteiger partial charge is 0.119 e. The number of ether oxygens (including phenoxy) is 1. The third kappa shape index (κ3) is 23.4. The van der Waals surface area contributed by atoms with Gasteiger partial charge in [0.1, 0.15) is 5.75 Å². The van der Waals surface area contributed by atoms with E-state index in [9.17, 15) is 0 Å². The third-order valence-corrected chi connectivity index (χ3v) is 7.21. The molecule has 3 N–H and O–H groups in total. The Morgan fingerprint density at radius 1 is 0.595 bits per heavy atom. The summed E-state index contributed by atoms with van der Waals surface area (Å²) in [5.41, 5.74) is 3.92. The van der Waals surface area contributed by atoms with E-state index in [1.165, 1.54) is 107 Å². The molecule has 0 radical (unpaired) electrons. The number of nitrogens with one attached hydrogen (secondary N) is 1. The van der Waals surface area contributed by atoms with Crippen molar-refractivity contribution in [1.82, 2.24) is 5.32 Å². The molecule has 2 aromatic rings. The minimum Gasteiger partial charge on any atom is -0.494 e. The fourth-order valence-corrected chi connectivity index (χ4v) is 4.76. The van der Waals surface area contributed by atoms with Crippen molar-refractivity contribution in [1.29, 1.82) is 0 Å². The van der Waals surface area contributed by atoms with Gasteiger partial charge in [0.2, 0.25) is 0 Å². The van der Waals surface area contributed by atoms with Crippen LogP contribution in [0.5, 0.6) is 5.75 Å². The van der Waals surface area contributed by atoms with Crippen molar-refractivity contribution >= 4 is 12.2 Å². The van der Waals surface area contributed by atoms with Gasteiger partial charge in [-0.1, -0.05) is 99.9 Å². The fraction of sp³-hybridized carbons (Fsp3) is 0.622. The quantitative estimate of drug-likeness (QED) is 0.0744. The fourth-order valence-electron chi connectivity index (χ4n) is 4.76. The van der Waals surface area contributed by atoms with Gasteiger partial charge in [0.15, 0.2) is 0 Å². The summed E-state index contributed by atoms with van der Waals surface area (Å²) in [6, 6.07) is 17.6. The lowest BCUT2D eigenvalue weighted by Crippen LogP contribution is -2.35. The first-order valence-corrected chi connectivity index (χ1v) is 16.3. The Labute approximate surface area is 259 Å². The van der Waals surface area contributed by atoms with Crippen LogP contribution < -0.4 is 10.1 Å². The van der Waals surface area contributed by atoms with Crippen LogP contribution in [0.3, 0.4) is 0 Å². The Bertz CT molecular complexity index is 858. The molecule has 0 aromatic heterocycles. The number of unbranched alkanes of at least 4 members (excludes halogenated alkanes) is 11. The van der Waals surface area contributed by atoms with Gasteiger partial charge in [-0.25, -0.2) is 0 Å². The van der Waals surface area contributed by atoms with E-state index in [0.29, 0.717) is 0 Å². The summed E-state index contributed by atoms with van der Waals surface area (Å²) in [5.74, 6) is 0.975. The summed E-state index contributed by atoms with van der Waals surface area (Å²) in [6.07, 6.45) is 22.8. The number of aryl methyl sites for hydroxylation is 1. The number of aliphatic hydroxyl groups excluding tert-OH is 2. The zero-order valence-electron chi connectivity index (χ0n) is 28.0. The second kappa shape index (κ2) is 27.6. The average Bonchev–Trinajstić information content (AvgIpc) is 3.01. The van der Waals surface area contributed by atoms with E-state index in [1.807, 2.05) is 7.05 Å². The number of rotatable bonds is 22. The number of aliphatic hydroxyl groups is 2. The highest BCUT2D eigenvalue weighted by Crippen LogP contribution is 2.17. The van der Waals surface area contributed by atoms with Gasteiger partial charge >= 0.3 is 0 Å². The highest BCUT2D eigenvalue weighted by Gasteiger charge is 2.05. The van der Waals surface area contributed by atoms with Gasteiger partial charge < -0.3 is 24.7 Å². The maximum absolute atomic E-state index is 7.00. The van der Waals surface area contributed by atoms with E-state index in [0.717, 1.165) is 44.0 Å². The third-order valence-electron chi connectivity index (χ3n) is 7.21. The zero-order chi connectivity index (χ0) is 31.3. The first-order chi connectivity index (χ1) is 20.5. The molecule has 0 bridgehead atoms. The van der Waals surface area contributed by atoms with Crippen LogP contribution in [0, 0.1) is 0 Å². The molecule has 0 saturated carbocycles. The first kappa shape index (κ1) is 39.8. The minimum absolute atomic E-state index is 0.817. The monoisotopic (exact) mass is 585 g/mol. The highest BCUT2D eigenvalue weighted by atomic mass is 16.5. The van der Waals surface area contributed by atoms with Crippen LogP contribution in [0.1, 0.15) is 100 Å². The predicted octanol–water partition coefficient (Wildman–Crippen LogP) is 7.99. The van der Waals surface area contributed by atoms with Gasteiger partial charge in [-0.3, -0.25) is 0 Å². The number of quaternary nitrogens is 1. The molecule has 0 aliphatic carbocycles. The largest absolute Gasteiger partial charge is 0.494 e. The Morgan fingerprint density at radius 2 is 1.05 bits per heavy atom. The lowest BCUT2D eigenvalue weighted by atomic mass is 10.0. The highest BCUT2D eigenvalue weighted by molar-refractivity contribution is 5.69. The van der Waals surface area contributed by atoms with Crippen LogP contribution in [0.25, 0.3) is 12.2 Å². The number of hydrogen-bond acceptors (Lipinski definition) is 4. The van der Waals surface area contributed by atoms with Crippen LogP contribution >= 0.6 is 0 Å². The van der Waals surface area contributed by atoms with Gasteiger partial charge in [-0.05, 0) is 80.9 Å². The molecule has 0 spiro atoms. The van der Waals surface area contributed by atoms with Crippen molar-refractivity contribution in [2.24, 2.45) is 0 Å². The molecule has 0 fully saturated rings. The molecular weight excluding hydrogens is 520 g/mol. The van der Waals surface area contributed by atoms with Gasteiger partial charge in [-0.15, -0.1) is 0 Å². The van der Waals surface area contributed by atoms with Gasteiger partial charge in [-0.2, -0.15) is 0 Å². The molecule has 0 saturated heterocycles. The lowest BCUT2D eigenvalue weighted by Gasteiger charge is -2.23. The molecule has 0 amide bonds. The van der Waals surface area contributed by atoms with Crippen LogP contribution in [0.4, 0.5) is 0 Å². The molecule has 240 valence electrons. The Morgan fingerprint density at radius 3 is 1.57 bits per heavy atom. The van der Waals surface area contributed by atoms with Crippen LogP contribution in [0.15, 0.2) is 48.5 Å². The summed E-state index contributed by atoms with van der Waals surface area (Å²) >= 11 is 0. The minimum atomic E-state index is 0.817. The molecule has 0 heterocycles. The Hall–Kier alpha value is -2.18. The Kier molecular flexibility index (Phi) is 26.2. The Balaban J connectivity index is 0.00000402. The van der Waals surface area contributed by atoms with E-state index in [4.69, 9.17) is 14.9 Å². The van der Waals surface area contributed by atoms with Crippen molar-refractivity contribution in [3.8, 4) is 5.75 Å². The van der Waals surface area contributed by atoms with E-state index >= 15 is 0 Å². The topological polar surface area (TPSA) is 61.7 Å². The maximum Gasteiger partial charge on any atom is 0.119 e. The van der Waals surface area contributed by atoms with Crippen molar-refractivity contribution in [3.05, 3.63) is 65.2 Å². The molecule has 0 unspecified atom stereocenters.